The van der Waals surface area contributed by atoms with Gasteiger partial charge in [-0.25, -0.2) is 4.79 Å². The Hall–Kier alpha value is -0.830. The third-order valence-corrected chi connectivity index (χ3v) is 2.37. The van der Waals surface area contributed by atoms with Crippen LogP contribution < -0.4 is 0 Å². The van der Waals surface area contributed by atoms with Gasteiger partial charge in [0.25, 0.3) is 0 Å². The molecule has 0 aliphatic heterocycles. The van der Waals surface area contributed by atoms with Crippen molar-refractivity contribution in [3.63, 3.8) is 0 Å². The fraction of sp³-hybridized carbons (Fsp3) is 0.0833. The first-order valence-electron chi connectivity index (χ1n) is 4.42. The van der Waals surface area contributed by atoms with Crippen LogP contribution in [0.4, 0.5) is 0 Å². The van der Waals surface area contributed by atoms with Crippen molar-refractivity contribution in [2.75, 3.05) is 0 Å². The predicted octanol–water partition coefficient (Wildman–Crippen LogP) is 2.20. The molecule has 2 aromatic carbocycles. The molecule has 0 unspecified atom stereocenters. The molecule has 0 spiro atoms. The minimum atomic E-state index is -0.874. The molecule has 0 radical (unpaired) electrons. The standard InChI is InChI=1S/C12H10O2.Na.H/c1-8-6-7-11(12(13)14)10-5-3-2-4-9(8)10;;/h2-7H,1H3,(H,13,14);;. The molecule has 0 aliphatic carbocycles. The van der Waals surface area contributed by atoms with E-state index in [0.29, 0.717) is 5.56 Å². The zero-order chi connectivity index (χ0) is 10.1. The summed E-state index contributed by atoms with van der Waals surface area (Å²) in [5.41, 5.74) is 1.47. The summed E-state index contributed by atoms with van der Waals surface area (Å²) in [6.07, 6.45) is 0. The maximum atomic E-state index is 10.9. The number of rotatable bonds is 1. The molecule has 1 N–H and O–H groups in total. The van der Waals surface area contributed by atoms with Crippen molar-refractivity contribution >= 4 is 46.3 Å². The molecule has 15 heavy (non-hydrogen) atoms. The Morgan fingerprint density at radius 1 is 1.07 bits per heavy atom. The van der Waals surface area contributed by atoms with Crippen LogP contribution in [0.25, 0.3) is 10.8 Å². The van der Waals surface area contributed by atoms with Crippen LogP contribution in [0, 0.1) is 6.92 Å². The van der Waals surface area contributed by atoms with Crippen molar-refractivity contribution in [1.29, 1.82) is 0 Å². The normalized spacial score (nSPS) is 9.67. The average Bonchev–Trinajstić information content (AvgIpc) is 2.18. The zero-order valence-electron chi connectivity index (χ0n) is 7.82. The van der Waals surface area contributed by atoms with Gasteiger partial charge < -0.3 is 5.11 Å². The van der Waals surface area contributed by atoms with Gasteiger partial charge in [-0.05, 0) is 29.3 Å². The third kappa shape index (κ3) is 2.23. The van der Waals surface area contributed by atoms with Gasteiger partial charge in [0.2, 0.25) is 0 Å². The number of carbonyl (C=O) groups is 1. The van der Waals surface area contributed by atoms with Crippen LogP contribution in [-0.4, -0.2) is 40.6 Å². The monoisotopic (exact) mass is 210 g/mol. The van der Waals surface area contributed by atoms with E-state index in [1.807, 2.05) is 37.3 Å². The van der Waals surface area contributed by atoms with Gasteiger partial charge in [-0.3, -0.25) is 0 Å². The molecule has 2 aromatic rings. The van der Waals surface area contributed by atoms with Crippen molar-refractivity contribution < 1.29 is 9.90 Å². The Labute approximate surface area is 110 Å². The first kappa shape index (κ1) is 12.2. The fourth-order valence-corrected chi connectivity index (χ4v) is 1.64. The van der Waals surface area contributed by atoms with Crippen molar-refractivity contribution in [2.24, 2.45) is 0 Å². The molecule has 0 fully saturated rings. The number of aromatic carboxylic acids is 1. The van der Waals surface area contributed by atoms with E-state index in [1.54, 1.807) is 6.07 Å². The zero-order valence-corrected chi connectivity index (χ0v) is 7.82. The van der Waals surface area contributed by atoms with E-state index in [1.165, 1.54) is 0 Å². The van der Waals surface area contributed by atoms with Gasteiger partial charge in [-0.2, -0.15) is 0 Å². The number of fused-ring (bicyclic) bond motifs is 1. The van der Waals surface area contributed by atoms with E-state index in [-0.39, 0.29) is 29.6 Å². The molecular weight excluding hydrogens is 199 g/mol. The molecule has 0 amide bonds. The van der Waals surface area contributed by atoms with Gasteiger partial charge in [-0.15, -0.1) is 0 Å². The Morgan fingerprint density at radius 3 is 2.27 bits per heavy atom. The topological polar surface area (TPSA) is 37.3 Å². The first-order valence-corrected chi connectivity index (χ1v) is 4.42. The van der Waals surface area contributed by atoms with Gasteiger partial charge >= 0.3 is 35.5 Å². The van der Waals surface area contributed by atoms with Crippen molar-refractivity contribution in [3.8, 4) is 0 Å². The van der Waals surface area contributed by atoms with Gasteiger partial charge in [0, 0.05) is 0 Å². The van der Waals surface area contributed by atoms with Crippen molar-refractivity contribution in [3.05, 3.63) is 47.5 Å². The van der Waals surface area contributed by atoms with Crippen LogP contribution in [0.15, 0.2) is 36.4 Å². The Balaban J connectivity index is 0.00000112. The second-order valence-electron chi connectivity index (χ2n) is 3.28. The molecule has 0 aromatic heterocycles. The van der Waals surface area contributed by atoms with Crippen LogP contribution in [0.3, 0.4) is 0 Å². The molecule has 0 saturated carbocycles. The average molecular weight is 210 g/mol. The Bertz CT molecular complexity index is 506. The van der Waals surface area contributed by atoms with Gasteiger partial charge in [0.15, 0.2) is 0 Å². The molecular formula is C12H11NaO2. The summed E-state index contributed by atoms with van der Waals surface area (Å²) in [5, 5.41) is 10.8. The molecule has 2 rings (SSSR count). The fourth-order valence-electron chi connectivity index (χ4n) is 1.64. The van der Waals surface area contributed by atoms with Crippen LogP contribution in [0.2, 0.25) is 0 Å². The molecule has 0 saturated heterocycles. The Morgan fingerprint density at radius 2 is 1.67 bits per heavy atom. The molecule has 72 valence electrons. The number of carboxylic acid groups (broad SMARTS) is 1. The van der Waals surface area contributed by atoms with Gasteiger partial charge in [-0.1, -0.05) is 30.3 Å². The second kappa shape index (κ2) is 4.79. The van der Waals surface area contributed by atoms with Crippen LogP contribution >= 0.6 is 0 Å². The van der Waals surface area contributed by atoms with Crippen molar-refractivity contribution in [2.45, 2.75) is 6.92 Å². The number of aryl methyl sites for hydroxylation is 1. The summed E-state index contributed by atoms with van der Waals surface area (Å²) in [7, 11) is 0. The van der Waals surface area contributed by atoms with Crippen LogP contribution in [0.5, 0.6) is 0 Å². The van der Waals surface area contributed by atoms with Crippen LogP contribution in [0.1, 0.15) is 15.9 Å². The molecule has 2 nitrogen and oxygen atoms in total. The third-order valence-electron chi connectivity index (χ3n) is 2.37. The number of hydrogen-bond donors (Lipinski definition) is 1. The second-order valence-corrected chi connectivity index (χ2v) is 3.28. The van der Waals surface area contributed by atoms with E-state index in [9.17, 15) is 4.79 Å². The van der Waals surface area contributed by atoms with Gasteiger partial charge in [0.1, 0.15) is 0 Å². The Kier molecular flexibility index (Phi) is 3.91. The number of benzene rings is 2. The molecule has 3 heteroatoms. The first-order chi connectivity index (χ1) is 6.70. The number of hydrogen-bond acceptors (Lipinski definition) is 1. The van der Waals surface area contributed by atoms with E-state index in [2.05, 4.69) is 0 Å². The summed E-state index contributed by atoms with van der Waals surface area (Å²) < 4.78 is 0. The molecule has 0 aliphatic rings. The summed E-state index contributed by atoms with van der Waals surface area (Å²) >= 11 is 0. The molecule has 0 heterocycles. The van der Waals surface area contributed by atoms with E-state index < -0.39 is 5.97 Å². The quantitative estimate of drug-likeness (QED) is 0.732. The van der Waals surface area contributed by atoms with Crippen LogP contribution in [-0.2, 0) is 0 Å². The van der Waals surface area contributed by atoms with E-state index >= 15 is 0 Å². The summed E-state index contributed by atoms with van der Waals surface area (Å²) in [5.74, 6) is -0.874. The SMILES string of the molecule is Cc1ccc(C(=O)O)c2ccccc12.[NaH]. The number of carboxylic acids is 1. The molecule has 0 atom stereocenters. The summed E-state index contributed by atoms with van der Waals surface area (Å²) in [4.78, 5) is 10.9. The van der Waals surface area contributed by atoms with Crippen molar-refractivity contribution in [1.82, 2.24) is 0 Å². The van der Waals surface area contributed by atoms with E-state index in [0.717, 1.165) is 16.3 Å². The maximum absolute atomic E-state index is 10.9. The summed E-state index contributed by atoms with van der Waals surface area (Å²) in [6, 6.07) is 11.0. The predicted molar refractivity (Wildman–Crippen MR) is 62.8 cm³/mol. The van der Waals surface area contributed by atoms with Gasteiger partial charge in [0.05, 0.1) is 5.56 Å². The van der Waals surface area contributed by atoms with E-state index in [4.69, 9.17) is 5.11 Å². The summed E-state index contributed by atoms with van der Waals surface area (Å²) in [6.45, 7) is 1.98. The minimum absolute atomic E-state index is 0. The molecule has 0 bridgehead atoms.